The highest BCUT2D eigenvalue weighted by Gasteiger charge is 2.22. The Morgan fingerprint density at radius 1 is 1.47 bits per heavy atom. The number of hydrogen-bond donors (Lipinski definition) is 3. The summed E-state index contributed by atoms with van der Waals surface area (Å²) in [6.45, 7) is 3.97. The molecule has 0 saturated carbocycles. The molecule has 1 atom stereocenters. The standard InChI is InChI=1S/C10H17N5O2/c1-6(2)4-7(9(16)11-3)13-10(17)8-5-12-15-14-8/h5-7H,4H2,1-3H3,(H,11,16)(H,13,17)(H,12,14,15). The van der Waals surface area contributed by atoms with Gasteiger partial charge in [0.25, 0.3) is 5.91 Å². The van der Waals surface area contributed by atoms with Gasteiger partial charge in [0.1, 0.15) is 6.04 Å². The fourth-order valence-corrected chi connectivity index (χ4v) is 1.42. The zero-order valence-corrected chi connectivity index (χ0v) is 10.2. The van der Waals surface area contributed by atoms with Crippen molar-refractivity contribution < 1.29 is 9.59 Å². The maximum absolute atomic E-state index is 11.7. The number of nitrogens with zero attached hydrogens (tertiary/aromatic N) is 2. The van der Waals surface area contributed by atoms with Crippen LogP contribution >= 0.6 is 0 Å². The monoisotopic (exact) mass is 239 g/mol. The number of aromatic nitrogens is 3. The molecule has 94 valence electrons. The minimum absolute atomic E-state index is 0.169. The fourth-order valence-electron chi connectivity index (χ4n) is 1.42. The van der Waals surface area contributed by atoms with Crippen molar-refractivity contribution in [3.8, 4) is 0 Å². The summed E-state index contributed by atoms with van der Waals surface area (Å²) in [5.41, 5.74) is 0.169. The van der Waals surface area contributed by atoms with Gasteiger partial charge in [0.2, 0.25) is 5.91 Å². The summed E-state index contributed by atoms with van der Waals surface area (Å²) in [5.74, 6) is -0.321. The Morgan fingerprint density at radius 3 is 2.65 bits per heavy atom. The van der Waals surface area contributed by atoms with E-state index in [2.05, 4.69) is 26.0 Å². The SMILES string of the molecule is CNC(=O)C(CC(C)C)NC(=O)c1cn[nH]n1. The molecule has 3 N–H and O–H groups in total. The van der Waals surface area contributed by atoms with E-state index in [0.717, 1.165) is 0 Å². The Kier molecular flexibility index (Phi) is 4.62. The lowest BCUT2D eigenvalue weighted by Gasteiger charge is -2.18. The van der Waals surface area contributed by atoms with Crippen molar-refractivity contribution in [1.29, 1.82) is 0 Å². The average Bonchev–Trinajstić information content (AvgIpc) is 2.79. The molecule has 2 amide bonds. The van der Waals surface area contributed by atoms with Crippen LogP contribution in [-0.4, -0.2) is 40.3 Å². The zero-order chi connectivity index (χ0) is 12.8. The fraction of sp³-hybridized carbons (Fsp3) is 0.600. The van der Waals surface area contributed by atoms with Gasteiger partial charge in [-0.25, -0.2) is 0 Å². The number of aromatic amines is 1. The third kappa shape index (κ3) is 3.86. The van der Waals surface area contributed by atoms with E-state index in [0.29, 0.717) is 12.3 Å². The predicted molar refractivity (Wildman–Crippen MR) is 61.2 cm³/mol. The van der Waals surface area contributed by atoms with Gasteiger partial charge in [0.05, 0.1) is 6.20 Å². The molecule has 17 heavy (non-hydrogen) atoms. The van der Waals surface area contributed by atoms with Crippen molar-refractivity contribution in [3.05, 3.63) is 11.9 Å². The van der Waals surface area contributed by atoms with Gasteiger partial charge in [-0.3, -0.25) is 9.59 Å². The number of nitrogens with one attached hydrogen (secondary N) is 3. The number of likely N-dealkylation sites (N-methyl/N-ethyl adjacent to an activating group) is 1. The van der Waals surface area contributed by atoms with E-state index in [1.54, 1.807) is 0 Å². The first-order chi connectivity index (χ1) is 8.04. The van der Waals surface area contributed by atoms with Crippen LogP contribution in [0.4, 0.5) is 0 Å². The number of amides is 2. The molecule has 1 aromatic heterocycles. The second-order valence-corrected chi connectivity index (χ2v) is 4.13. The molecule has 1 rings (SSSR count). The van der Waals surface area contributed by atoms with E-state index < -0.39 is 11.9 Å². The molecule has 0 aliphatic carbocycles. The first-order valence-electron chi connectivity index (χ1n) is 5.42. The summed E-state index contributed by atoms with van der Waals surface area (Å²) in [6, 6.07) is -0.552. The van der Waals surface area contributed by atoms with Gasteiger partial charge in [0.15, 0.2) is 5.69 Å². The summed E-state index contributed by atoms with van der Waals surface area (Å²) in [4.78, 5) is 23.3. The first-order valence-corrected chi connectivity index (χ1v) is 5.42. The van der Waals surface area contributed by atoms with Crippen molar-refractivity contribution in [3.63, 3.8) is 0 Å². The molecule has 0 fully saturated rings. The maximum Gasteiger partial charge on any atom is 0.274 e. The first kappa shape index (κ1) is 13.1. The van der Waals surface area contributed by atoms with E-state index in [-0.39, 0.29) is 11.6 Å². The second kappa shape index (κ2) is 5.97. The third-order valence-electron chi connectivity index (χ3n) is 2.22. The number of carbonyl (C=O) groups is 2. The Bertz CT molecular complexity index is 374. The molecule has 1 unspecified atom stereocenters. The highest BCUT2D eigenvalue weighted by Crippen LogP contribution is 2.05. The van der Waals surface area contributed by atoms with E-state index in [4.69, 9.17) is 0 Å². The number of carbonyl (C=O) groups excluding carboxylic acids is 2. The van der Waals surface area contributed by atoms with E-state index in [1.807, 2.05) is 13.8 Å². The molecule has 0 bridgehead atoms. The highest BCUT2D eigenvalue weighted by atomic mass is 16.2. The topological polar surface area (TPSA) is 99.8 Å². The van der Waals surface area contributed by atoms with Crippen LogP contribution in [0.25, 0.3) is 0 Å². The molecule has 0 spiro atoms. The Morgan fingerprint density at radius 2 is 2.18 bits per heavy atom. The van der Waals surface area contributed by atoms with Crippen LogP contribution in [0.3, 0.4) is 0 Å². The number of rotatable bonds is 5. The van der Waals surface area contributed by atoms with Gasteiger partial charge in [-0.05, 0) is 12.3 Å². The smallest absolute Gasteiger partial charge is 0.274 e. The van der Waals surface area contributed by atoms with Crippen molar-refractivity contribution in [1.82, 2.24) is 26.0 Å². The summed E-state index contributed by atoms with van der Waals surface area (Å²) in [5, 5.41) is 14.7. The Hall–Kier alpha value is -1.92. The Labute approximate surface area is 99.4 Å². The lowest BCUT2D eigenvalue weighted by Crippen LogP contribution is -2.46. The van der Waals surface area contributed by atoms with Crippen LogP contribution in [-0.2, 0) is 4.79 Å². The van der Waals surface area contributed by atoms with Crippen molar-refractivity contribution in [2.24, 2.45) is 5.92 Å². The molecule has 1 aromatic rings. The second-order valence-electron chi connectivity index (χ2n) is 4.13. The predicted octanol–water partition coefficient (Wildman–Crippen LogP) is -0.305. The number of hydrogen-bond acceptors (Lipinski definition) is 4. The average molecular weight is 239 g/mol. The largest absolute Gasteiger partial charge is 0.357 e. The van der Waals surface area contributed by atoms with Gasteiger partial charge < -0.3 is 10.6 Å². The zero-order valence-electron chi connectivity index (χ0n) is 10.2. The molecule has 0 aliphatic heterocycles. The lowest BCUT2D eigenvalue weighted by molar-refractivity contribution is -0.122. The summed E-state index contributed by atoms with van der Waals surface area (Å²) >= 11 is 0. The van der Waals surface area contributed by atoms with Crippen LogP contribution in [0, 0.1) is 5.92 Å². The molecule has 1 heterocycles. The van der Waals surface area contributed by atoms with Crippen LogP contribution in [0.1, 0.15) is 30.8 Å². The summed E-state index contributed by atoms with van der Waals surface area (Å²) in [7, 11) is 1.54. The molecule has 0 aliphatic rings. The normalized spacial score (nSPS) is 12.2. The molecule has 0 saturated heterocycles. The van der Waals surface area contributed by atoms with Crippen LogP contribution in [0.15, 0.2) is 6.20 Å². The van der Waals surface area contributed by atoms with E-state index in [1.165, 1.54) is 13.2 Å². The van der Waals surface area contributed by atoms with Gasteiger partial charge >= 0.3 is 0 Å². The van der Waals surface area contributed by atoms with E-state index >= 15 is 0 Å². The summed E-state index contributed by atoms with van der Waals surface area (Å²) in [6.07, 6.45) is 1.88. The minimum atomic E-state index is -0.552. The maximum atomic E-state index is 11.7. The van der Waals surface area contributed by atoms with Gasteiger partial charge in [0, 0.05) is 7.05 Å². The van der Waals surface area contributed by atoms with Crippen molar-refractivity contribution in [2.45, 2.75) is 26.3 Å². The van der Waals surface area contributed by atoms with Crippen LogP contribution < -0.4 is 10.6 Å². The van der Waals surface area contributed by atoms with Crippen LogP contribution in [0.2, 0.25) is 0 Å². The van der Waals surface area contributed by atoms with Crippen molar-refractivity contribution >= 4 is 11.8 Å². The lowest BCUT2D eigenvalue weighted by atomic mass is 10.0. The van der Waals surface area contributed by atoms with Gasteiger partial charge in [-0.2, -0.15) is 15.4 Å². The molecular weight excluding hydrogens is 222 g/mol. The Balaban J connectivity index is 2.66. The molecular formula is C10H17N5O2. The number of H-pyrrole nitrogens is 1. The molecule has 7 nitrogen and oxygen atoms in total. The third-order valence-corrected chi connectivity index (χ3v) is 2.22. The molecule has 0 radical (unpaired) electrons. The molecule has 7 heteroatoms. The van der Waals surface area contributed by atoms with E-state index in [9.17, 15) is 9.59 Å². The molecule has 0 aromatic carbocycles. The summed E-state index contributed by atoms with van der Waals surface area (Å²) < 4.78 is 0. The minimum Gasteiger partial charge on any atom is -0.357 e. The van der Waals surface area contributed by atoms with Gasteiger partial charge in [-0.15, -0.1) is 0 Å². The van der Waals surface area contributed by atoms with Crippen LogP contribution in [0.5, 0.6) is 0 Å². The van der Waals surface area contributed by atoms with Gasteiger partial charge in [-0.1, -0.05) is 13.8 Å². The highest BCUT2D eigenvalue weighted by molar-refractivity contribution is 5.95. The van der Waals surface area contributed by atoms with Crippen molar-refractivity contribution in [2.75, 3.05) is 7.05 Å². The quantitative estimate of drug-likeness (QED) is 0.656.